The van der Waals surface area contributed by atoms with E-state index in [4.69, 9.17) is 14.6 Å². The van der Waals surface area contributed by atoms with Crippen LogP contribution in [0.2, 0.25) is 0 Å². The van der Waals surface area contributed by atoms with Crippen LogP contribution in [0.15, 0.2) is 36.7 Å². The van der Waals surface area contributed by atoms with Crippen molar-refractivity contribution in [1.82, 2.24) is 4.98 Å². The number of carboxylic acids is 1. The highest BCUT2D eigenvalue weighted by atomic mass is 16.5. The highest BCUT2D eigenvalue weighted by Crippen LogP contribution is 2.33. The maximum atomic E-state index is 11.1. The molecule has 0 fully saturated rings. The molecule has 5 nitrogen and oxygen atoms in total. The number of aryl methyl sites for hydroxylation is 1. The van der Waals surface area contributed by atoms with Crippen LogP contribution in [0, 0.1) is 6.92 Å². The molecular formula is C14H13NO4. The molecule has 2 aromatic rings. The van der Waals surface area contributed by atoms with Gasteiger partial charge in [0, 0.05) is 6.20 Å². The molecule has 0 spiro atoms. The minimum atomic E-state index is -1.07. The Balaban J connectivity index is 2.39. The first-order valence-electron chi connectivity index (χ1n) is 5.61. The van der Waals surface area contributed by atoms with Gasteiger partial charge in [0.15, 0.2) is 17.2 Å². The summed E-state index contributed by atoms with van der Waals surface area (Å²) in [5, 5.41) is 9.08. The molecule has 5 heteroatoms. The fraction of sp³-hybridized carbons (Fsp3) is 0.143. The van der Waals surface area contributed by atoms with E-state index in [1.54, 1.807) is 6.07 Å². The lowest BCUT2D eigenvalue weighted by Gasteiger charge is -2.12. The Morgan fingerprint density at radius 3 is 2.68 bits per heavy atom. The summed E-state index contributed by atoms with van der Waals surface area (Å²) in [5.41, 5.74) is 1.08. The minimum absolute atomic E-state index is 0.0534. The summed E-state index contributed by atoms with van der Waals surface area (Å²) in [5.74, 6) is 0.101. The van der Waals surface area contributed by atoms with Crippen molar-refractivity contribution in [3.63, 3.8) is 0 Å². The van der Waals surface area contributed by atoms with E-state index >= 15 is 0 Å². The summed E-state index contributed by atoms with van der Waals surface area (Å²) in [4.78, 5) is 14.9. The molecule has 0 saturated carbocycles. The van der Waals surface area contributed by atoms with Gasteiger partial charge in [0.2, 0.25) is 0 Å². The number of carbonyl (C=O) groups is 1. The van der Waals surface area contributed by atoms with Crippen LogP contribution < -0.4 is 9.47 Å². The quantitative estimate of drug-likeness (QED) is 0.914. The zero-order valence-electron chi connectivity index (χ0n) is 10.6. The molecule has 19 heavy (non-hydrogen) atoms. The number of aromatic carboxylic acids is 1. The van der Waals surface area contributed by atoms with Crippen molar-refractivity contribution in [2.45, 2.75) is 6.92 Å². The maximum absolute atomic E-state index is 11.1. The third-order valence-corrected chi connectivity index (χ3v) is 2.55. The van der Waals surface area contributed by atoms with Crippen LogP contribution in [-0.2, 0) is 0 Å². The van der Waals surface area contributed by atoms with Crippen molar-refractivity contribution in [2.24, 2.45) is 0 Å². The van der Waals surface area contributed by atoms with Crippen molar-refractivity contribution in [2.75, 3.05) is 7.11 Å². The van der Waals surface area contributed by atoms with E-state index in [2.05, 4.69) is 4.98 Å². The summed E-state index contributed by atoms with van der Waals surface area (Å²) in [6.45, 7) is 1.93. The number of aromatic nitrogens is 1. The third-order valence-electron chi connectivity index (χ3n) is 2.55. The fourth-order valence-corrected chi connectivity index (χ4v) is 1.62. The SMILES string of the molecule is COc1cc(C)ccc1Oc1cnccc1C(=O)O. The van der Waals surface area contributed by atoms with Crippen molar-refractivity contribution in [3.05, 3.63) is 47.8 Å². The fourth-order valence-electron chi connectivity index (χ4n) is 1.62. The number of hydrogen-bond acceptors (Lipinski definition) is 4. The largest absolute Gasteiger partial charge is 0.493 e. The Morgan fingerprint density at radius 2 is 2.00 bits per heavy atom. The first-order valence-corrected chi connectivity index (χ1v) is 5.61. The van der Waals surface area contributed by atoms with Crippen LogP contribution in [0.5, 0.6) is 17.2 Å². The molecule has 0 bridgehead atoms. The Labute approximate surface area is 110 Å². The molecule has 0 amide bonds. The summed E-state index contributed by atoms with van der Waals surface area (Å²) in [6, 6.07) is 6.78. The number of benzene rings is 1. The zero-order chi connectivity index (χ0) is 13.8. The first kappa shape index (κ1) is 12.9. The Morgan fingerprint density at radius 1 is 1.21 bits per heavy atom. The molecule has 1 heterocycles. The average molecular weight is 259 g/mol. The van der Waals surface area contributed by atoms with Crippen LogP contribution in [0.4, 0.5) is 0 Å². The number of methoxy groups -OCH3 is 1. The van der Waals surface area contributed by atoms with E-state index in [1.165, 1.54) is 25.6 Å². The molecule has 0 unspecified atom stereocenters. The summed E-state index contributed by atoms with van der Waals surface area (Å²) >= 11 is 0. The van der Waals surface area contributed by atoms with Gasteiger partial charge in [0.05, 0.1) is 13.3 Å². The van der Waals surface area contributed by atoms with Gasteiger partial charge in [-0.2, -0.15) is 0 Å². The van der Waals surface area contributed by atoms with Gasteiger partial charge in [-0.25, -0.2) is 4.79 Å². The predicted molar refractivity (Wildman–Crippen MR) is 69.0 cm³/mol. The number of hydrogen-bond donors (Lipinski definition) is 1. The monoisotopic (exact) mass is 259 g/mol. The van der Waals surface area contributed by atoms with Crippen LogP contribution in [-0.4, -0.2) is 23.2 Å². The van der Waals surface area contributed by atoms with Crippen molar-refractivity contribution in [1.29, 1.82) is 0 Å². The normalized spacial score (nSPS) is 10.0. The average Bonchev–Trinajstić information content (AvgIpc) is 2.41. The maximum Gasteiger partial charge on any atom is 0.339 e. The molecule has 0 aliphatic heterocycles. The number of pyridine rings is 1. The van der Waals surface area contributed by atoms with Gasteiger partial charge in [-0.1, -0.05) is 6.07 Å². The molecule has 1 aromatic carbocycles. The second-order valence-corrected chi connectivity index (χ2v) is 3.93. The molecule has 98 valence electrons. The first-order chi connectivity index (χ1) is 9.11. The van der Waals surface area contributed by atoms with Gasteiger partial charge < -0.3 is 14.6 Å². The smallest absolute Gasteiger partial charge is 0.339 e. The zero-order valence-corrected chi connectivity index (χ0v) is 10.6. The van der Waals surface area contributed by atoms with Crippen LogP contribution in [0.1, 0.15) is 15.9 Å². The van der Waals surface area contributed by atoms with Gasteiger partial charge in [-0.15, -0.1) is 0 Å². The Bertz CT molecular complexity index is 610. The topological polar surface area (TPSA) is 68.7 Å². The molecule has 0 aliphatic carbocycles. The predicted octanol–water partition coefficient (Wildman–Crippen LogP) is 2.89. The lowest BCUT2D eigenvalue weighted by molar-refractivity contribution is 0.0694. The summed E-state index contributed by atoms with van der Waals surface area (Å²) in [6.07, 6.45) is 2.77. The van der Waals surface area contributed by atoms with E-state index in [-0.39, 0.29) is 11.3 Å². The second-order valence-electron chi connectivity index (χ2n) is 3.93. The van der Waals surface area contributed by atoms with Gasteiger partial charge in [0.1, 0.15) is 5.56 Å². The Hall–Kier alpha value is -2.56. The van der Waals surface area contributed by atoms with E-state index in [9.17, 15) is 4.79 Å². The van der Waals surface area contributed by atoms with Crippen LogP contribution in [0.3, 0.4) is 0 Å². The number of ether oxygens (including phenoxy) is 2. The molecule has 2 rings (SSSR count). The second kappa shape index (κ2) is 5.39. The number of rotatable bonds is 4. The van der Waals surface area contributed by atoms with Crippen molar-refractivity contribution < 1.29 is 19.4 Å². The van der Waals surface area contributed by atoms with Gasteiger partial charge >= 0.3 is 5.97 Å². The van der Waals surface area contributed by atoms with Crippen molar-refractivity contribution in [3.8, 4) is 17.2 Å². The highest BCUT2D eigenvalue weighted by molar-refractivity contribution is 5.90. The van der Waals surface area contributed by atoms with Crippen LogP contribution in [0.25, 0.3) is 0 Å². The van der Waals surface area contributed by atoms with Crippen molar-refractivity contribution >= 4 is 5.97 Å². The minimum Gasteiger partial charge on any atom is -0.493 e. The number of nitrogens with zero attached hydrogens (tertiary/aromatic N) is 1. The highest BCUT2D eigenvalue weighted by Gasteiger charge is 2.13. The summed E-state index contributed by atoms with van der Waals surface area (Å²) in [7, 11) is 1.53. The van der Waals surface area contributed by atoms with E-state index in [1.807, 2.05) is 19.1 Å². The lowest BCUT2D eigenvalue weighted by Crippen LogP contribution is -2.01. The molecule has 1 aromatic heterocycles. The van der Waals surface area contributed by atoms with Gasteiger partial charge in [0.25, 0.3) is 0 Å². The molecule has 0 radical (unpaired) electrons. The van der Waals surface area contributed by atoms with Gasteiger partial charge in [-0.3, -0.25) is 4.98 Å². The molecule has 1 N–H and O–H groups in total. The number of carboxylic acid groups (broad SMARTS) is 1. The molecule has 0 saturated heterocycles. The van der Waals surface area contributed by atoms with Gasteiger partial charge in [-0.05, 0) is 30.7 Å². The van der Waals surface area contributed by atoms with E-state index in [0.29, 0.717) is 11.5 Å². The molecule has 0 atom stereocenters. The Kier molecular flexibility index (Phi) is 3.66. The standard InChI is InChI=1S/C14H13NO4/c1-9-3-4-11(12(7-9)18-2)19-13-8-15-6-5-10(13)14(16)17/h3-8H,1-2H3,(H,16,17). The van der Waals surface area contributed by atoms with Crippen LogP contribution >= 0.6 is 0 Å². The molecule has 0 aliphatic rings. The van der Waals surface area contributed by atoms with E-state index in [0.717, 1.165) is 5.56 Å². The third kappa shape index (κ3) is 2.82. The molecular weight excluding hydrogens is 246 g/mol. The lowest BCUT2D eigenvalue weighted by atomic mass is 10.2. The summed E-state index contributed by atoms with van der Waals surface area (Å²) < 4.78 is 10.8. The van der Waals surface area contributed by atoms with E-state index < -0.39 is 5.97 Å².